The van der Waals surface area contributed by atoms with Crippen LogP contribution in [-0.2, 0) is 6.61 Å². The normalized spacial score (nSPS) is 11.0. The second kappa shape index (κ2) is 8.16. The molecule has 8 heteroatoms. The van der Waals surface area contributed by atoms with Crippen molar-refractivity contribution in [3.63, 3.8) is 0 Å². The average Bonchev–Trinajstić information content (AvgIpc) is 2.97. The second-order valence-electron chi connectivity index (χ2n) is 5.46. The van der Waals surface area contributed by atoms with Gasteiger partial charge in [-0.25, -0.2) is 0 Å². The van der Waals surface area contributed by atoms with Crippen LogP contribution in [0.2, 0.25) is 5.02 Å². The Morgan fingerprint density at radius 3 is 2.65 bits per heavy atom. The topological polar surface area (TPSA) is 64.4 Å². The van der Waals surface area contributed by atoms with E-state index in [1.54, 1.807) is 18.0 Å². The lowest BCUT2D eigenvalue weighted by molar-refractivity contribution is 0.284. The molecule has 0 saturated heterocycles. The standard InChI is InChI=1S/C18H17ClN4O2S/c1-12-21-22-18(26)23(12)20-10-14-5-8-16(24-2)17(9-14)25-11-13-3-6-15(19)7-4-13/h3-10H,11H2,1-2H3,(H,22,26)/b20-10+. The van der Waals surface area contributed by atoms with Gasteiger partial charge >= 0.3 is 0 Å². The summed E-state index contributed by atoms with van der Waals surface area (Å²) in [6, 6.07) is 13.1. The molecule has 0 amide bonds. The maximum atomic E-state index is 5.91. The summed E-state index contributed by atoms with van der Waals surface area (Å²) in [5.74, 6) is 1.95. The molecule has 0 aliphatic heterocycles. The van der Waals surface area contributed by atoms with E-state index in [-0.39, 0.29) is 0 Å². The smallest absolute Gasteiger partial charge is 0.216 e. The van der Waals surface area contributed by atoms with Gasteiger partial charge in [-0.1, -0.05) is 23.7 Å². The van der Waals surface area contributed by atoms with Crippen LogP contribution in [0.1, 0.15) is 17.0 Å². The molecule has 0 aliphatic rings. The van der Waals surface area contributed by atoms with Crippen LogP contribution in [0.5, 0.6) is 11.5 Å². The summed E-state index contributed by atoms with van der Waals surface area (Å²) in [7, 11) is 1.60. The molecule has 134 valence electrons. The zero-order valence-electron chi connectivity index (χ0n) is 14.3. The van der Waals surface area contributed by atoms with Crippen LogP contribution in [0.4, 0.5) is 0 Å². The molecule has 3 rings (SSSR count). The maximum absolute atomic E-state index is 5.91. The van der Waals surface area contributed by atoms with Gasteiger partial charge in [-0.3, -0.25) is 5.10 Å². The van der Waals surface area contributed by atoms with Crippen LogP contribution < -0.4 is 9.47 Å². The van der Waals surface area contributed by atoms with Crippen molar-refractivity contribution in [1.29, 1.82) is 0 Å². The molecule has 0 aliphatic carbocycles. The van der Waals surface area contributed by atoms with Crippen LogP contribution in [0.25, 0.3) is 0 Å². The molecule has 6 nitrogen and oxygen atoms in total. The molecule has 0 radical (unpaired) electrons. The number of methoxy groups -OCH3 is 1. The van der Waals surface area contributed by atoms with Gasteiger partial charge < -0.3 is 9.47 Å². The summed E-state index contributed by atoms with van der Waals surface area (Å²) in [4.78, 5) is 0. The lowest BCUT2D eigenvalue weighted by atomic mass is 10.2. The molecular formula is C18H17ClN4O2S. The number of aromatic nitrogens is 3. The molecule has 0 fully saturated rings. The molecule has 1 N–H and O–H groups in total. The Morgan fingerprint density at radius 2 is 2.00 bits per heavy atom. The van der Waals surface area contributed by atoms with E-state index in [1.807, 2.05) is 49.4 Å². The summed E-state index contributed by atoms with van der Waals surface area (Å²) in [6.45, 7) is 2.22. The van der Waals surface area contributed by atoms with Gasteiger partial charge in [0.25, 0.3) is 0 Å². The Hall–Kier alpha value is -2.64. The zero-order valence-corrected chi connectivity index (χ0v) is 15.8. The predicted molar refractivity (Wildman–Crippen MR) is 104 cm³/mol. The number of halogens is 1. The summed E-state index contributed by atoms with van der Waals surface area (Å²) in [5, 5.41) is 11.7. The van der Waals surface area contributed by atoms with E-state index in [1.165, 1.54) is 0 Å². The van der Waals surface area contributed by atoms with Gasteiger partial charge in [-0.15, -0.1) is 0 Å². The minimum Gasteiger partial charge on any atom is -0.493 e. The molecule has 2 aromatic carbocycles. The van der Waals surface area contributed by atoms with Crippen LogP contribution in [0, 0.1) is 11.7 Å². The first kappa shape index (κ1) is 18.2. The number of aryl methyl sites for hydroxylation is 1. The number of aromatic amines is 1. The first-order chi connectivity index (χ1) is 12.6. The van der Waals surface area contributed by atoms with Gasteiger partial charge in [0, 0.05) is 5.02 Å². The van der Waals surface area contributed by atoms with E-state index in [9.17, 15) is 0 Å². The highest BCUT2D eigenvalue weighted by atomic mass is 35.5. The van der Waals surface area contributed by atoms with Gasteiger partial charge in [-0.2, -0.15) is 14.9 Å². The monoisotopic (exact) mass is 388 g/mol. The SMILES string of the molecule is COc1ccc(/C=N/n2c(C)n[nH]c2=S)cc1OCc1ccc(Cl)cc1. The number of ether oxygens (including phenoxy) is 2. The number of nitrogens with one attached hydrogen (secondary N) is 1. The van der Waals surface area contributed by atoms with Crippen molar-refractivity contribution < 1.29 is 9.47 Å². The molecule has 1 aromatic heterocycles. The second-order valence-corrected chi connectivity index (χ2v) is 6.28. The number of nitrogens with zero attached hydrogens (tertiary/aromatic N) is 3. The highest BCUT2D eigenvalue weighted by molar-refractivity contribution is 7.71. The summed E-state index contributed by atoms with van der Waals surface area (Å²) < 4.78 is 13.3. The minimum absolute atomic E-state index is 0.403. The number of hydrogen-bond acceptors (Lipinski definition) is 5. The fraction of sp³-hybridized carbons (Fsp3) is 0.167. The van der Waals surface area contributed by atoms with E-state index in [4.69, 9.17) is 33.3 Å². The van der Waals surface area contributed by atoms with Crippen molar-refractivity contribution in [2.75, 3.05) is 7.11 Å². The summed E-state index contributed by atoms with van der Waals surface area (Å²) in [5.41, 5.74) is 1.86. The third kappa shape index (κ3) is 4.30. The fourth-order valence-corrected chi connectivity index (χ4v) is 2.61. The van der Waals surface area contributed by atoms with E-state index in [0.29, 0.717) is 33.7 Å². The van der Waals surface area contributed by atoms with Gasteiger partial charge in [-0.05, 0) is 60.6 Å². The molecule has 26 heavy (non-hydrogen) atoms. The van der Waals surface area contributed by atoms with Crippen LogP contribution in [0.3, 0.4) is 0 Å². The van der Waals surface area contributed by atoms with Crippen molar-refractivity contribution in [1.82, 2.24) is 14.9 Å². The Kier molecular flexibility index (Phi) is 5.70. The first-order valence-corrected chi connectivity index (χ1v) is 8.59. The maximum Gasteiger partial charge on any atom is 0.216 e. The van der Waals surface area contributed by atoms with Crippen LogP contribution >= 0.6 is 23.8 Å². The Bertz CT molecular complexity index is 980. The van der Waals surface area contributed by atoms with E-state index in [2.05, 4.69) is 15.3 Å². The molecular weight excluding hydrogens is 372 g/mol. The Balaban J connectivity index is 1.79. The Labute approximate surface area is 161 Å². The average molecular weight is 389 g/mol. The van der Waals surface area contributed by atoms with Gasteiger partial charge in [0.1, 0.15) is 12.4 Å². The predicted octanol–water partition coefficient (Wildman–Crippen LogP) is 4.37. The summed E-state index contributed by atoms with van der Waals surface area (Å²) >= 11 is 11.0. The van der Waals surface area contributed by atoms with Crippen molar-refractivity contribution in [2.24, 2.45) is 5.10 Å². The highest BCUT2D eigenvalue weighted by Gasteiger charge is 2.06. The van der Waals surface area contributed by atoms with Gasteiger partial charge in [0.2, 0.25) is 4.77 Å². The first-order valence-electron chi connectivity index (χ1n) is 7.80. The third-order valence-corrected chi connectivity index (χ3v) is 4.15. The van der Waals surface area contributed by atoms with E-state index in [0.717, 1.165) is 11.1 Å². The third-order valence-electron chi connectivity index (χ3n) is 3.63. The minimum atomic E-state index is 0.403. The summed E-state index contributed by atoms with van der Waals surface area (Å²) in [6.07, 6.45) is 1.69. The van der Waals surface area contributed by atoms with Crippen molar-refractivity contribution >= 4 is 30.0 Å². The number of H-pyrrole nitrogens is 1. The molecule has 3 aromatic rings. The molecule has 0 bridgehead atoms. The zero-order chi connectivity index (χ0) is 18.5. The molecule has 0 saturated carbocycles. The van der Waals surface area contributed by atoms with E-state index < -0.39 is 0 Å². The van der Waals surface area contributed by atoms with Crippen molar-refractivity contribution in [3.05, 3.63) is 69.2 Å². The Morgan fingerprint density at radius 1 is 1.23 bits per heavy atom. The fourth-order valence-electron chi connectivity index (χ4n) is 2.26. The molecule has 0 spiro atoms. The quantitative estimate of drug-likeness (QED) is 0.503. The highest BCUT2D eigenvalue weighted by Crippen LogP contribution is 2.28. The number of benzene rings is 2. The molecule has 0 unspecified atom stereocenters. The number of hydrogen-bond donors (Lipinski definition) is 1. The van der Waals surface area contributed by atoms with Gasteiger partial charge in [0.05, 0.1) is 13.3 Å². The largest absolute Gasteiger partial charge is 0.493 e. The van der Waals surface area contributed by atoms with Crippen LogP contribution in [-0.4, -0.2) is 28.2 Å². The van der Waals surface area contributed by atoms with E-state index >= 15 is 0 Å². The molecule has 1 heterocycles. The van der Waals surface area contributed by atoms with Crippen molar-refractivity contribution in [3.8, 4) is 11.5 Å². The molecule has 0 atom stereocenters. The van der Waals surface area contributed by atoms with Gasteiger partial charge in [0.15, 0.2) is 11.5 Å². The number of rotatable bonds is 6. The lowest BCUT2D eigenvalue weighted by Gasteiger charge is -2.11. The van der Waals surface area contributed by atoms with Crippen molar-refractivity contribution in [2.45, 2.75) is 13.5 Å². The lowest BCUT2D eigenvalue weighted by Crippen LogP contribution is -1.99. The van der Waals surface area contributed by atoms with Crippen LogP contribution in [0.15, 0.2) is 47.6 Å².